The summed E-state index contributed by atoms with van der Waals surface area (Å²) in [6.45, 7) is 2.03. The molecule has 7 nitrogen and oxygen atoms in total. The molecule has 3 heterocycles. The average molecular weight is 352 g/mol. The first-order valence-corrected chi connectivity index (χ1v) is 8.09. The van der Waals surface area contributed by atoms with Gasteiger partial charge in [0.1, 0.15) is 11.3 Å². The topological polar surface area (TPSA) is 93.6 Å². The maximum atomic E-state index is 12.5. The number of nitrogens with one attached hydrogen (secondary N) is 2. The summed E-state index contributed by atoms with van der Waals surface area (Å²) in [7, 11) is 0. The van der Waals surface area contributed by atoms with Crippen LogP contribution in [0, 0.1) is 0 Å². The molecule has 0 saturated heterocycles. The number of furan rings is 1. The molecule has 1 atom stereocenters. The summed E-state index contributed by atoms with van der Waals surface area (Å²) in [6.07, 6.45) is 1.52. The number of carbonyl (C=O) groups is 1. The van der Waals surface area contributed by atoms with Crippen LogP contribution in [-0.4, -0.2) is 17.7 Å². The third kappa shape index (κ3) is 2.95. The molecule has 2 N–H and O–H groups in total. The minimum atomic E-state index is -0.478. The second-order valence-corrected chi connectivity index (χ2v) is 5.90. The van der Waals surface area contributed by atoms with Gasteiger partial charge in [-0.05, 0) is 48.9 Å². The minimum Gasteiger partial charge on any atom is -0.463 e. The molecule has 0 saturated carbocycles. The Morgan fingerprint density at radius 2 is 2.00 bits per heavy atom. The maximum absolute atomic E-state index is 12.5. The lowest BCUT2D eigenvalue weighted by Crippen LogP contribution is -2.31. The molecule has 26 heavy (non-hydrogen) atoms. The number of rotatable bonds is 4. The van der Waals surface area contributed by atoms with Crippen LogP contribution in [0.4, 0.5) is 0 Å². The van der Waals surface area contributed by atoms with Gasteiger partial charge in [-0.25, -0.2) is 0 Å². The monoisotopic (exact) mass is 352 g/mol. The Hall–Kier alpha value is -3.48. The molecule has 132 valence electrons. The quantitative estimate of drug-likeness (QED) is 0.753. The van der Waals surface area contributed by atoms with E-state index in [1.165, 1.54) is 12.3 Å². The van der Waals surface area contributed by atoms with E-state index < -0.39 is 11.5 Å². The highest BCUT2D eigenvalue weighted by atomic mass is 16.7. The molecule has 0 bridgehead atoms. The third-order valence-corrected chi connectivity index (χ3v) is 4.18. The number of H-pyrrole nitrogens is 1. The second kappa shape index (κ2) is 6.44. The van der Waals surface area contributed by atoms with Crippen LogP contribution in [-0.2, 0) is 0 Å². The first-order valence-electron chi connectivity index (χ1n) is 8.09. The van der Waals surface area contributed by atoms with Crippen molar-refractivity contribution in [3.05, 3.63) is 70.2 Å². The third-order valence-electron chi connectivity index (χ3n) is 4.18. The molecule has 7 heteroatoms. The van der Waals surface area contributed by atoms with Crippen LogP contribution < -0.4 is 20.3 Å². The van der Waals surface area contributed by atoms with E-state index in [1.807, 2.05) is 19.1 Å². The van der Waals surface area contributed by atoms with E-state index in [0.717, 1.165) is 5.56 Å². The standard InChI is InChI=1S/C19H16N2O5/c1-11(12-4-7-16-17(9-12)26-10-25-16)20-18(22)13-5-6-14(21-19(13)23)15-3-2-8-24-15/h2-9,11H,10H2,1H3,(H,20,22)(H,21,23). The van der Waals surface area contributed by atoms with Gasteiger partial charge < -0.3 is 24.2 Å². The van der Waals surface area contributed by atoms with Crippen LogP contribution in [0.15, 0.2) is 57.9 Å². The fourth-order valence-electron chi connectivity index (χ4n) is 2.77. The number of hydrogen-bond donors (Lipinski definition) is 2. The predicted octanol–water partition coefficient (Wildman–Crippen LogP) is 2.85. The fourth-order valence-corrected chi connectivity index (χ4v) is 2.77. The van der Waals surface area contributed by atoms with Gasteiger partial charge in [0.25, 0.3) is 11.5 Å². The Kier molecular flexibility index (Phi) is 3.96. The van der Waals surface area contributed by atoms with E-state index in [-0.39, 0.29) is 18.4 Å². The van der Waals surface area contributed by atoms with Crippen molar-refractivity contribution >= 4 is 5.91 Å². The summed E-state index contributed by atoms with van der Waals surface area (Å²) in [4.78, 5) is 27.4. The molecule has 0 fully saturated rings. The molecule has 1 amide bonds. The summed E-state index contributed by atoms with van der Waals surface area (Å²) < 4.78 is 15.9. The highest BCUT2D eigenvalue weighted by molar-refractivity contribution is 5.94. The zero-order valence-corrected chi connectivity index (χ0v) is 13.9. The second-order valence-electron chi connectivity index (χ2n) is 5.90. The summed E-state index contributed by atoms with van der Waals surface area (Å²) in [6, 6.07) is 11.7. The lowest BCUT2D eigenvalue weighted by Gasteiger charge is -2.14. The van der Waals surface area contributed by atoms with Crippen molar-refractivity contribution in [2.75, 3.05) is 6.79 Å². The molecule has 1 aliphatic heterocycles. The number of hydrogen-bond acceptors (Lipinski definition) is 5. The van der Waals surface area contributed by atoms with Crippen molar-refractivity contribution in [2.45, 2.75) is 13.0 Å². The lowest BCUT2D eigenvalue weighted by molar-refractivity contribution is 0.0938. The number of aromatic nitrogens is 1. The Morgan fingerprint density at radius 1 is 1.15 bits per heavy atom. The van der Waals surface area contributed by atoms with Crippen LogP contribution in [0.5, 0.6) is 11.5 Å². The van der Waals surface area contributed by atoms with Gasteiger partial charge in [-0.15, -0.1) is 0 Å². The Labute approximate surface area is 148 Å². The van der Waals surface area contributed by atoms with Crippen molar-refractivity contribution in [2.24, 2.45) is 0 Å². The van der Waals surface area contributed by atoms with Crippen LogP contribution in [0.2, 0.25) is 0 Å². The van der Waals surface area contributed by atoms with Crippen LogP contribution in [0.1, 0.15) is 28.9 Å². The van der Waals surface area contributed by atoms with Crippen LogP contribution in [0.3, 0.4) is 0 Å². The predicted molar refractivity (Wildman–Crippen MR) is 93.2 cm³/mol. The van der Waals surface area contributed by atoms with E-state index in [4.69, 9.17) is 13.9 Å². The number of pyridine rings is 1. The van der Waals surface area contributed by atoms with Gasteiger partial charge in [-0.3, -0.25) is 9.59 Å². The van der Waals surface area contributed by atoms with E-state index in [2.05, 4.69) is 10.3 Å². The molecule has 0 aliphatic carbocycles. The zero-order chi connectivity index (χ0) is 18.1. The van der Waals surface area contributed by atoms with Crippen LogP contribution >= 0.6 is 0 Å². The van der Waals surface area contributed by atoms with Crippen molar-refractivity contribution in [1.82, 2.24) is 10.3 Å². The van der Waals surface area contributed by atoms with Gasteiger partial charge in [-0.1, -0.05) is 6.07 Å². The number of aromatic amines is 1. The normalized spacial score (nSPS) is 13.4. The van der Waals surface area contributed by atoms with Gasteiger partial charge in [0, 0.05) is 0 Å². The Bertz CT molecular complexity index is 1010. The lowest BCUT2D eigenvalue weighted by atomic mass is 10.1. The molecule has 0 spiro atoms. The van der Waals surface area contributed by atoms with Gasteiger partial charge in [0.15, 0.2) is 11.5 Å². The van der Waals surface area contributed by atoms with Gasteiger partial charge in [0.2, 0.25) is 6.79 Å². The van der Waals surface area contributed by atoms with Crippen LogP contribution in [0.25, 0.3) is 11.5 Å². The number of ether oxygens (including phenoxy) is 2. The zero-order valence-electron chi connectivity index (χ0n) is 13.9. The summed E-state index contributed by atoms with van der Waals surface area (Å²) in [5.74, 6) is 1.40. The summed E-state index contributed by atoms with van der Waals surface area (Å²) >= 11 is 0. The molecule has 1 aromatic carbocycles. The molecule has 1 aliphatic rings. The smallest absolute Gasteiger partial charge is 0.261 e. The first kappa shape index (κ1) is 16.0. The van der Waals surface area contributed by atoms with Crippen molar-refractivity contribution in [1.29, 1.82) is 0 Å². The van der Waals surface area contributed by atoms with Gasteiger partial charge in [-0.2, -0.15) is 0 Å². The van der Waals surface area contributed by atoms with E-state index in [1.54, 1.807) is 24.3 Å². The molecule has 1 unspecified atom stereocenters. The van der Waals surface area contributed by atoms with Gasteiger partial charge >= 0.3 is 0 Å². The molecule has 4 rings (SSSR count). The Balaban J connectivity index is 1.52. The molecule has 3 aromatic rings. The molecular weight excluding hydrogens is 336 g/mol. The average Bonchev–Trinajstić information content (AvgIpc) is 3.32. The summed E-state index contributed by atoms with van der Waals surface area (Å²) in [5.41, 5.74) is 0.925. The summed E-state index contributed by atoms with van der Waals surface area (Å²) in [5, 5.41) is 2.82. The number of benzene rings is 1. The minimum absolute atomic E-state index is 0.0351. The number of carbonyl (C=O) groups excluding carboxylic acids is 1. The van der Waals surface area contributed by atoms with Crippen molar-refractivity contribution in [3.8, 4) is 23.0 Å². The largest absolute Gasteiger partial charge is 0.463 e. The van der Waals surface area contributed by atoms with E-state index >= 15 is 0 Å². The highest BCUT2D eigenvalue weighted by Crippen LogP contribution is 2.34. The maximum Gasteiger partial charge on any atom is 0.261 e. The number of amides is 1. The first-order chi connectivity index (χ1) is 12.6. The SMILES string of the molecule is CC(NC(=O)c1ccc(-c2ccco2)[nH]c1=O)c1ccc2c(c1)OCO2. The molecule has 0 radical (unpaired) electrons. The van der Waals surface area contributed by atoms with Crippen molar-refractivity contribution < 1.29 is 18.7 Å². The van der Waals surface area contributed by atoms with Crippen molar-refractivity contribution in [3.63, 3.8) is 0 Å². The van der Waals surface area contributed by atoms with E-state index in [0.29, 0.717) is 23.0 Å². The number of fused-ring (bicyclic) bond motifs is 1. The van der Waals surface area contributed by atoms with Gasteiger partial charge in [0.05, 0.1) is 18.0 Å². The molecular formula is C19H16N2O5. The fraction of sp³-hybridized carbons (Fsp3) is 0.158. The molecule has 2 aromatic heterocycles. The van der Waals surface area contributed by atoms with E-state index in [9.17, 15) is 9.59 Å². The highest BCUT2D eigenvalue weighted by Gasteiger charge is 2.19. The Morgan fingerprint density at radius 3 is 2.77 bits per heavy atom.